The highest BCUT2D eigenvalue weighted by molar-refractivity contribution is 5.80. The van der Waals surface area contributed by atoms with Crippen molar-refractivity contribution in [3.63, 3.8) is 0 Å². The number of hydrogen-bond acceptors (Lipinski definition) is 2. The Labute approximate surface area is 103 Å². The van der Waals surface area contributed by atoms with Crippen LogP contribution in [0.15, 0.2) is 24.3 Å². The summed E-state index contributed by atoms with van der Waals surface area (Å²) in [5.74, 6) is 1.00. The van der Waals surface area contributed by atoms with E-state index in [4.69, 9.17) is 5.11 Å². The molecule has 2 unspecified atom stereocenters. The average molecular weight is 232 g/mol. The molecule has 1 aliphatic rings. The monoisotopic (exact) mass is 232 g/mol. The second-order valence-corrected chi connectivity index (χ2v) is 5.08. The van der Waals surface area contributed by atoms with E-state index in [1.165, 1.54) is 11.1 Å². The van der Waals surface area contributed by atoms with Crippen molar-refractivity contribution in [2.45, 2.75) is 44.4 Å². The van der Waals surface area contributed by atoms with Crippen molar-refractivity contribution < 1.29 is 9.90 Å². The number of aliphatic hydroxyl groups excluding tert-OH is 1. The molecule has 2 heteroatoms. The van der Waals surface area contributed by atoms with Crippen LogP contribution in [0, 0.1) is 0 Å². The SMILES string of the molecule is CC(CO)c1ccc(C2CCCC(=O)C2)cc1. The van der Waals surface area contributed by atoms with Crippen molar-refractivity contribution >= 4 is 5.78 Å². The smallest absolute Gasteiger partial charge is 0.133 e. The summed E-state index contributed by atoms with van der Waals surface area (Å²) >= 11 is 0. The molecule has 17 heavy (non-hydrogen) atoms. The Balaban J connectivity index is 2.09. The summed E-state index contributed by atoms with van der Waals surface area (Å²) in [6, 6.07) is 8.39. The summed E-state index contributed by atoms with van der Waals surface area (Å²) in [6.07, 6.45) is 3.62. The fourth-order valence-corrected chi connectivity index (χ4v) is 2.51. The van der Waals surface area contributed by atoms with Crippen LogP contribution in [0.1, 0.15) is 55.6 Å². The van der Waals surface area contributed by atoms with E-state index in [-0.39, 0.29) is 12.5 Å². The van der Waals surface area contributed by atoms with Crippen molar-refractivity contribution in [2.75, 3.05) is 6.61 Å². The first kappa shape index (κ1) is 12.3. The Kier molecular flexibility index (Phi) is 3.95. The van der Waals surface area contributed by atoms with E-state index in [9.17, 15) is 4.79 Å². The van der Waals surface area contributed by atoms with Gasteiger partial charge in [0.25, 0.3) is 0 Å². The Bertz CT molecular complexity index is 380. The third-order valence-electron chi connectivity index (χ3n) is 3.73. The summed E-state index contributed by atoms with van der Waals surface area (Å²) in [4.78, 5) is 11.4. The minimum atomic E-state index is 0.182. The normalized spacial score (nSPS) is 22.5. The topological polar surface area (TPSA) is 37.3 Å². The predicted molar refractivity (Wildman–Crippen MR) is 68.2 cm³/mol. The van der Waals surface area contributed by atoms with Crippen molar-refractivity contribution in [3.8, 4) is 0 Å². The lowest BCUT2D eigenvalue weighted by molar-refractivity contribution is -0.120. The lowest BCUT2D eigenvalue weighted by Crippen LogP contribution is -2.13. The van der Waals surface area contributed by atoms with Crippen LogP contribution in [0.3, 0.4) is 0 Å². The van der Waals surface area contributed by atoms with Gasteiger partial charge in [0.05, 0.1) is 0 Å². The van der Waals surface area contributed by atoms with Gasteiger partial charge in [-0.25, -0.2) is 0 Å². The summed E-state index contributed by atoms with van der Waals surface area (Å²) < 4.78 is 0. The van der Waals surface area contributed by atoms with E-state index < -0.39 is 0 Å². The zero-order valence-electron chi connectivity index (χ0n) is 10.4. The zero-order valence-corrected chi connectivity index (χ0v) is 10.4. The van der Waals surface area contributed by atoms with E-state index in [1.54, 1.807) is 0 Å². The fraction of sp³-hybridized carbons (Fsp3) is 0.533. The van der Waals surface area contributed by atoms with Gasteiger partial charge >= 0.3 is 0 Å². The summed E-state index contributed by atoms with van der Waals surface area (Å²) in [6.45, 7) is 2.19. The predicted octanol–water partition coefficient (Wildman–Crippen LogP) is 3.01. The van der Waals surface area contributed by atoms with Gasteiger partial charge in [-0.1, -0.05) is 31.2 Å². The molecule has 1 fully saturated rings. The molecule has 2 nitrogen and oxygen atoms in total. The molecule has 0 aliphatic heterocycles. The number of hydrogen-bond donors (Lipinski definition) is 1. The molecular weight excluding hydrogens is 212 g/mol. The van der Waals surface area contributed by atoms with Crippen molar-refractivity contribution in [1.29, 1.82) is 0 Å². The number of carbonyl (C=O) groups is 1. The first-order valence-corrected chi connectivity index (χ1v) is 6.43. The zero-order chi connectivity index (χ0) is 12.3. The molecule has 2 atom stereocenters. The van der Waals surface area contributed by atoms with Crippen LogP contribution in [-0.4, -0.2) is 17.5 Å². The van der Waals surface area contributed by atoms with Crippen LogP contribution >= 0.6 is 0 Å². The van der Waals surface area contributed by atoms with Crippen LogP contribution < -0.4 is 0 Å². The van der Waals surface area contributed by atoms with Crippen molar-refractivity contribution in [1.82, 2.24) is 0 Å². The number of benzene rings is 1. The van der Waals surface area contributed by atoms with E-state index in [0.29, 0.717) is 18.1 Å². The van der Waals surface area contributed by atoms with Crippen LogP contribution in [0.4, 0.5) is 0 Å². The Morgan fingerprint density at radius 2 is 2.06 bits per heavy atom. The molecule has 1 aromatic carbocycles. The molecule has 1 saturated carbocycles. The Morgan fingerprint density at radius 1 is 1.35 bits per heavy atom. The minimum absolute atomic E-state index is 0.182. The average Bonchev–Trinajstić information content (AvgIpc) is 2.38. The second-order valence-electron chi connectivity index (χ2n) is 5.08. The minimum Gasteiger partial charge on any atom is -0.396 e. The van der Waals surface area contributed by atoms with Crippen LogP contribution in [0.25, 0.3) is 0 Å². The molecular formula is C15H20O2. The standard InChI is InChI=1S/C15H20O2/c1-11(10-16)12-5-7-13(8-6-12)14-3-2-4-15(17)9-14/h5-8,11,14,16H,2-4,9-10H2,1H3. The summed E-state index contributed by atoms with van der Waals surface area (Å²) in [7, 11) is 0. The van der Waals surface area contributed by atoms with Gasteiger partial charge in [0.1, 0.15) is 5.78 Å². The highest BCUT2D eigenvalue weighted by Gasteiger charge is 2.20. The molecule has 2 rings (SSSR count). The largest absolute Gasteiger partial charge is 0.396 e. The van der Waals surface area contributed by atoms with E-state index in [1.807, 2.05) is 6.92 Å². The third kappa shape index (κ3) is 2.95. The van der Waals surface area contributed by atoms with Gasteiger partial charge in [-0.3, -0.25) is 4.79 Å². The highest BCUT2D eigenvalue weighted by atomic mass is 16.3. The molecule has 0 saturated heterocycles. The molecule has 1 aromatic rings. The van der Waals surface area contributed by atoms with Gasteiger partial charge in [0, 0.05) is 25.4 Å². The highest BCUT2D eigenvalue weighted by Crippen LogP contribution is 2.31. The van der Waals surface area contributed by atoms with Gasteiger partial charge in [-0.15, -0.1) is 0 Å². The van der Waals surface area contributed by atoms with Crippen molar-refractivity contribution in [2.24, 2.45) is 0 Å². The van der Waals surface area contributed by atoms with Gasteiger partial charge in [0.15, 0.2) is 0 Å². The molecule has 0 aromatic heterocycles. The number of rotatable bonds is 3. The lowest BCUT2D eigenvalue weighted by Gasteiger charge is -2.21. The van der Waals surface area contributed by atoms with Crippen molar-refractivity contribution in [3.05, 3.63) is 35.4 Å². The van der Waals surface area contributed by atoms with Crippen LogP contribution in [0.5, 0.6) is 0 Å². The number of Topliss-reactive ketones (excluding diaryl/α,β-unsaturated/α-hetero) is 1. The first-order chi connectivity index (χ1) is 8.20. The quantitative estimate of drug-likeness (QED) is 0.869. The maximum atomic E-state index is 11.4. The Hall–Kier alpha value is -1.15. The van der Waals surface area contributed by atoms with Gasteiger partial charge < -0.3 is 5.11 Å². The van der Waals surface area contributed by atoms with E-state index >= 15 is 0 Å². The van der Waals surface area contributed by atoms with Crippen LogP contribution in [0.2, 0.25) is 0 Å². The molecule has 0 spiro atoms. The van der Waals surface area contributed by atoms with Gasteiger partial charge in [-0.2, -0.15) is 0 Å². The van der Waals surface area contributed by atoms with Gasteiger partial charge in [-0.05, 0) is 29.9 Å². The van der Waals surface area contributed by atoms with Crippen LogP contribution in [-0.2, 0) is 4.79 Å². The lowest BCUT2D eigenvalue weighted by atomic mass is 9.83. The first-order valence-electron chi connectivity index (χ1n) is 6.43. The molecule has 0 radical (unpaired) electrons. The number of carbonyl (C=O) groups excluding carboxylic acids is 1. The molecule has 1 aliphatic carbocycles. The number of aliphatic hydroxyl groups is 1. The van der Waals surface area contributed by atoms with E-state index in [0.717, 1.165) is 19.3 Å². The maximum Gasteiger partial charge on any atom is 0.133 e. The molecule has 92 valence electrons. The number of ketones is 1. The third-order valence-corrected chi connectivity index (χ3v) is 3.73. The van der Waals surface area contributed by atoms with Gasteiger partial charge in [0.2, 0.25) is 0 Å². The summed E-state index contributed by atoms with van der Waals surface area (Å²) in [5, 5.41) is 9.10. The second kappa shape index (κ2) is 5.46. The molecule has 0 heterocycles. The van der Waals surface area contributed by atoms with E-state index in [2.05, 4.69) is 24.3 Å². The molecule has 0 amide bonds. The maximum absolute atomic E-state index is 11.4. The summed E-state index contributed by atoms with van der Waals surface area (Å²) in [5.41, 5.74) is 2.44. The molecule has 0 bridgehead atoms. The molecule has 1 N–H and O–H groups in total. The Morgan fingerprint density at radius 3 is 2.65 bits per heavy atom. The fourth-order valence-electron chi connectivity index (χ4n) is 2.51.